The van der Waals surface area contributed by atoms with Crippen LogP contribution in [-0.2, 0) is 10.0 Å². The maximum atomic E-state index is 12.1. The van der Waals surface area contributed by atoms with Crippen LogP contribution in [0.25, 0.3) is 0 Å². The molecule has 0 aliphatic heterocycles. The van der Waals surface area contributed by atoms with Gasteiger partial charge in [-0.3, -0.25) is 0 Å². The van der Waals surface area contributed by atoms with Crippen molar-refractivity contribution in [1.29, 1.82) is 0 Å². The summed E-state index contributed by atoms with van der Waals surface area (Å²) in [6.45, 7) is 7.53. The molecule has 2 rings (SSSR count). The van der Waals surface area contributed by atoms with Crippen molar-refractivity contribution in [3.8, 4) is 5.75 Å². The normalized spacial score (nSPS) is 11.1. The predicted octanol–water partition coefficient (Wildman–Crippen LogP) is 3.40. The monoisotopic (exact) mass is 333 g/mol. The summed E-state index contributed by atoms with van der Waals surface area (Å²) in [7, 11) is -3.95. The van der Waals surface area contributed by atoms with Gasteiger partial charge in [0.25, 0.3) is 10.0 Å². The second-order valence-electron chi connectivity index (χ2n) is 5.44. The number of benzene rings is 2. The molecule has 0 aliphatic rings. The summed E-state index contributed by atoms with van der Waals surface area (Å²) < 4.78 is 31.3. The highest BCUT2D eigenvalue weighted by Crippen LogP contribution is 2.24. The van der Waals surface area contributed by atoms with E-state index in [4.69, 9.17) is 4.74 Å². The van der Waals surface area contributed by atoms with Gasteiger partial charge in [-0.05, 0) is 62.6 Å². The smallest absolute Gasteiger partial charge is 0.409 e. The Kier molecular flexibility index (Phi) is 4.75. The van der Waals surface area contributed by atoms with Crippen LogP contribution in [0.15, 0.2) is 41.3 Å². The molecule has 5 nitrogen and oxygen atoms in total. The van der Waals surface area contributed by atoms with Crippen molar-refractivity contribution in [1.82, 2.24) is 4.72 Å². The summed E-state index contributed by atoms with van der Waals surface area (Å²) >= 11 is 0. The van der Waals surface area contributed by atoms with Crippen LogP contribution in [0.3, 0.4) is 0 Å². The van der Waals surface area contributed by atoms with Gasteiger partial charge in [0.2, 0.25) is 0 Å². The zero-order chi connectivity index (χ0) is 17.2. The van der Waals surface area contributed by atoms with Crippen LogP contribution in [0.4, 0.5) is 4.79 Å². The van der Waals surface area contributed by atoms with E-state index >= 15 is 0 Å². The molecule has 23 heavy (non-hydrogen) atoms. The van der Waals surface area contributed by atoms with Gasteiger partial charge in [0, 0.05) is 0 Å². The van der Waals surface area contributed by atoms with Gasteiger partial charge in [-0.2, -0.15) is 0 Å². The Labute approximate surface area is 136 Å². The van der Waals surface area contributed by atoms with Gasteiger partial charge >= 0.3 is 6.09 Å². The second-order valence-corrected chi connectivity index (χ2v) is 7.12. The Morgan fingerprint density at radius 1 is 0.913 bits per heavy atom. The van der Waals surface area contributed by atoms with Crippen molar-refractivity contribution >= 4 is 16.1 Å². The SMILES string of the molecule is Cc1ccc(S(=O)(=O)NC(=O)Oc2ccc(C)c(C)c2C)cc1. The van der Waals surface area contributed by atoms with E-state index in [2.05, 4.69) is 0 Å². The molecule has 0 spiro atoms. The van der Waals surface area contributed by atoms with Crippen LogP contribution < -0.4 is 9.46 Å². The Morgan fingerprint density at radius 3 is 2.13 bits per heavy atom. The zero-order valence-corrected chi connectivity index (χ0v) is 14.3. The van der Waals surface area contributed by atoms with Crippen LogP contribution in [0.5, 0.6) is 5.75 Å². The second kappa shape index (κ2) is 6.42. The molecule has 6 heteroatoms. The minimum absolute atomic E-state index is 0.0110. The van der Waals surface area contributed by atoms with E-state index in [0.29, 0.717) is 5.75 Å². The van der Waals surface area contributed by atoms with E-state index in [-0.39, 0.29) is 4.90 Å². The number of rotatable bonds is 3. The van der Waals surface area contributed by atoms with Gasteiger partial charge < -0.3 is 4.74 Å². The molecule has 0 fully saturated rings. The molecule has 0 atom stereocenters. The van der Waals surface area contributed by atoms with Gasteiger partial charge in [0.15, 0.2) is 0 Å². The first kappa shape index (κ1) is 17.0. The van der Waals surface area contributed by atoms with Crippen LogP contribution >= 0.6 is 0 Å². The molecule has 0 radical (unpaired) electrons. The minimum atomic E-state index is -3.95. The van der Waals surface area contributed by atoms with Crippen molar-refractivity contribution in [3.05, 3.63) is 58.7 Å². The van der Waals surface area contributed by atoms with Gasteiger partial charge in [-0.25, -0.2) is 17.9 Å². The van der Waals surface area contributed by atoms with Crippen LogP contribution in [0.2, 0.25) is 0 Å². The number of sulfonamides is 1. The van der Waals surface area contributed by atoms with Crippen molar-refractivity contribution < 1.29 is 17.9 Å². The van der Waals surface area contributed by atoms with Gasteiger partial charge in [-0.1, -0.05) is 23.8 Å². The first-order chi connectivity index (χ1) is 10.7. The van der Waals surface area contributed by atoms with E-state index in [1.54, 1.807) is 18.2 Å². The number of ether oxygens (including phenoxy) is 1. The van der Waals surface area contributed by atoms with Gasteiger partial charge in [-0.15, -0.1) is 0 Å². The molecule has 0 bridgehead atoms. The van der Waals surface area contributed by atoms with Crippen LogP contribution in [-0.4, -0.2) is 14.5 Å². The number of carbonyl (C=O) groups excluding carboxylic acids is 1. The molecule has 0 aromatic heterocycles. The summed E-state index contributed by atoms with van der Waals surface area (Å²) in [5.41, 5.74) is 3.80. The maximum Gasteiger partial charge on any atom is 0.426 e. The molecule has 0 aliphatic carbocycles. The molecule has 1 amide bonds. The first-order valence-electron chi connectivity index (χ1n) is 7.09. The zero-order valence-electron chi connectivity index (χ0n) is 13.5. The summed E-state index contributed by atoms with van der Waals surface area (Å²) in [6.07, 6.45) is -1.03. The highest BCUT2D eigenvalue weighted by Gasteiger charge is 2.19. The fourth-order valence-corrected chi connectivity index (χ4v) is 2.92. The number of amides is 1. The van der Waals surface area contributed by atoms with E-state index < -0.39 is 16.1 Å². The third kappa shape index (κ3) is 3.90. The lowest BCUT2D eigenvalue weighted by atomic mass is 10.0. The summed E-state index contributed by atoms with van der Waals surface area (Å²) in [6, 6.07) is 9.66. The lowest BCUT2D eigenvalue weighted by Crippen LogP contribution is -2.33. The third-order valence-corrected chi connectivity index (χ3v) is 5.09. The largest absolute Gasteiger partial charge is 0.426 e. The van der Waals surface area contributed by atoms with E-state index in [0.717, 1.165) is 22.3 Å². The quantitative estimate of drug-likeness (QED) is 0.934. The first-order valence-corrected chi connectivity index (χ1v) is 8.57. The standard InChI is InChI=1S/C17H19NO4S/c1-11-5-8-15(9-6-11)23(20,21)18-17(19)22-16-10-7-12(2)13(3)14(16)4/h5-10H,1-4H3,(H,18,19). The number of nitrogens with one attached hydrogen (secondary N) is 1. The molecule has 0 saturated carbocycles. The molecule has 1 N–H and O–H groups in total. The lowest BCUT2D eigenvalue weighted by Gasteiger charge is -2.12. The van der Waals surface area contributed by atoms with Crippen molar-refractivity contribution in [2.45, 2.75) is 32.6 Å². The average Bonchev–Trinajstić information content (AvgIpc) is 2.48. The average molecular weight is 333 g/mol. The minimum Gasteiger partial charge on any atom is -0.409 e. The fourth-order valence-electron chi connectivity index (χ4n) is 2.05. The number of aryl methyl sites for hydroxylation is 2. The summed E-state index contributed by atoms with van der Waals surface area (Å²) in [4.78, 5) is 11.9. The van der Waals surface area contributed by atoms with Crippen LogP contribution in [0.1, 0.15) is 22.3 Å². The fraction of sp³-hybridized carbons (Fsp3) is 0.235. The van der Waals surface area contributed by atoms with E-state index in [1.165, 1.54) is 12.1 Å². The van der Waals surface area contributed by atoms with Crippen molar-refractivity contribution in [3.63, 3.8) is 0 Å². The maximum absolute atomic E-state index is 12.1. The van der Waals surface area contributed by atoms with Crippen LogP contribution in [0, 0.1) is 27.7 Å². The molecule has 2 aromatic rings. The third-order valence-electron chi connectivity index (χ3n) is 3.76. The molecule has 0 unspecified atom stereocenters. The number of hydrogen-bond acceptors (Lipinski definition) is 4. The Morgan fingerprint density at radius 2 is 1.52 bits per heavy atom. The Hall–Kier alpha value is -2.34. The Balaban J connectivity index is 2.16. The molecule has 0 heterocycles. The summed E-state index contributed by atoms with van der Waals surface area (Å²) in [5.74, 6) is 0.338. The highest BCUT2D eigenvalue weighted by molar-refractivity contribution is 7.90. The van der Waals surface area contributed by atoms with Gasteiger partial charge in [0.05, 0.1) is 4.90 Å². The number of carbonyl (C=O) groups is 1. The molecular weight excluding hydrogens is 314 g/mol. The lowest BCUT2D eigenvalue weighted by molar-refractivity contribution is 0.206. The molecule has 122 valence electrons. The molecule has 2 aromatic carbocycles. The van der Waals surface area contributed by atoms with Crippen molar-refractivity contribution in [2.75, 3.05) is 0 Å². The highest BCUT2D eigenvalue weighted by atomic mass is 32.2. The van der Waals surface area contributed by atoms with Gasteiger partial charge in [0.1, 0.15) is 5.75 Å². The molecule has 0 saturated heterocycles. The predicted molar refractivity (Wildman–Crippen MR) is 88.2 cm³/mol. The molecular formula is C17H19NO4S. The topological polar surface area (TPSA) is 72.5 Å². The summed E-state index contributed by atoms with van der Waals surface area (Å²) in [5, 5.41) is 0. The van der Waals surface area contributed by atoms with Crippen molar-refractivity contribution in [2.24, 2.45) is 0 Å². The van der Waals surface area contributed by atoms with E-state index in [1.807, 2.05) is 38.5 Å². The Bertz CT molecular complexity index is 840. The van der Waals surface area contributed by atoms with E-state index in [9.17, 15) is 13.2 Å². The number of hydrogen-bond donors (Lipinski definition) is 1.